The smallest absolute Gasteiger partial charge is 0.200 e. The van der Waals surface area contributed by atoms with Gasteiger partial charge in [-0.2, -0.15) is 0 Å². The molecule has 0 aliphatic heterocycles. The Morgan fingerprint density at radius 1 is 1.33 bits per heavy atom. The maximum Gasteiger partial charge on any atom is 0.200 e. The summed E-state index contributed by atoms with van der Waals surface area (Å²) in [7, 11) is 0. The molecule has 0 fully saturated rings. The quantitative estimate of drug-likeness (QED) is 0.784. The zero-order valence-corrected chi connectivity index (χ0v) is 8.68. The minimum Gasteiger partial charge on any atom is -0.388 e. The predicted octanol–water partition coefficient (Wildman–Crippen LogP) is 0.771. The highest BCUT2D eigenvalue weighted by atomic mass is 16.3. The van der Waals surface area contributed by atoms with Crippen LogP contribution in [0.5, 0.6) is 0 Å². The van der Waals surface area contributed by atoms with Crippen molar-refractivity contribution in [3.63, 3.8) is 0 Å². The van der Waals surface area contributed by atoms with Crippen molar-refractivity contribution < 1.29 is 5.11 Å². The van der Waals surface area contributed by atoms with E-state index in [9.17, 15) is 0 Å². The first kappa shape index (κ1) is 9.79. The molecular weight excluding hydrogens is 192 g/mol. The third kappa shape index (κ3) is 1.87. The lowest BCUT2D eigenvalue weighted by atomic mass is 10.1. The number of aryl methyl sites for hydroxylation is 2. The Hall–Kier alpha value is -1.75. The topological polar surface area (TPSA) is 63.8 Å². The monoisotopic (exact) mass is 204 g/mol. The Balaban J connectivity index is 2.44. The molecule has 0 radical (unpaired) electrons. The van der Waals surface area contributed by atoms with Crippen molar-refractivity contribution in [3.8, 4) is 5.69 Å². The van der Waals surface area contributed by atoms with Crippen LogP contribution in [0, 0.1) is 13.8 Å². The Bertz CT molecular complexity index is 478. The fraction of sp³-hybridized carbons (Fsp3) is 0.300. The van der Waals surface area contributed by atoms with E-state index in [-0.39, 0.29) is 6.61 Å². The van der Waals surface area contributed by atoms with Crippen LogP contribution in [-0.4, -0.2) is 25.3 Å². The fourth-order valence-corrected chi connectivity index (χ4v) is 1.44. The van der Waals surface area contributed by atoms with Crippen molar-refractivity contribution in [2.45, 2.75) is 20.5 Å². The molecule has 0 amide bonds. The normalized spacial score (nSPS) is 10.6. The van der Waals surface area contributed by atoms with Gasteiger partial charge in [-0.3, -0.25) is 0 Å². The van der Waals surface area contributed by atoms with E-state index < -0.39 is 0 Å². The molecule has 1 aromatic heterocycles. The number of aliphatic hydroxyl groups is 1. The molecule has 0 spiro atoms. The van der Waals surface area contributed by atoms with Crippen LogP contribution in [0.15, 0.2) is 18.2 Å². The van der Waals surface area contributed by atoms with Crippen molar-refractivity contribution >= 4 is 0 Å². The Labute approximate surface area is 87.4 Å². The molecule has 0 aliphatic carbocycles. The first-order valence-electron chi connectivity index (χ1n) is 4.68. The minimum absolute atomic E-state index is 0.190. The van der Waals surface area contributed by atoms with E-state index in [1.165, 1.54) is 10.4 Å². The lowest BCUT2D eigenvalue weighted by Gasteiger charge is -2.03. The van der Waals surface area contributed by atoms with E-state index in [1.54, 1.807) is 0 Å². The molecule has 5 heteroatoms. The van der Waals surface area contributed by atoms with Crippen LogP contribution < -0.4 is 0 Å². The van der Waals surface area contributed by atoms with Crippen molar-refractivity contribution in [3.05, 3.63) is 35.2 Å². The van der Waals surface area contributed by atoms with E-state index in [1.807, 2.05) is 26.0 Å². The van der Waals surface area contributed by atoms with Gasteiger partial charge in [-0.15, -0.1) is 15.0 Å². The first-order chi connectivity index (χ1) is 7.20. The third-order valence-corrected chi connectivity index (χ3v) is 2.16. The Morgan fingerprint density at radius 2 is 2.13 bits per heavy atom. The first-order valence-corrected chi connectivity index (χ1v) is 4.68. The van der Waals surface area contributed by atoms with Gasteiger partial charge in [0, 0.05) is 0 Å². The van der Waals surface area contributed by atoms with E-state index in [0.717, 1.165) is 11.3 Å². The molecule has 78 valence electrons. The minimum atomic E-state index is -0.190. The zero-order valence-electron chi connectivity index (χ0n) is 8.68. The number of hydrogen-bond acceptors (Lipinski definition) is 4. The van der Waals surface area contributed by atoms with Crippen molar-refractivity contribution in [2.24, 2.45) is 0 Å². The van der Waals surface area contributed by atoms with E-state index in [0.29, 0.717) is 5.82 Å². The molecule has 0 atom stereocenters. The van der Waals surface area contributed by atoms with Gasteiger partial charge >= 0.3 is 0 Å². The molecule has 15 heavy (non-hydrogen) atoms. The standard InChI is InChI=1S/C10H12N4O/c1-7-3-4-9(8(2)5-7)14-12-10(6-15)11-13-14/h3-5,15H,6H2,1-2H3. The lowest BCUT2D eigenvalue weighted by molar-refractivity contribution is 0.271. The SMILES string of the molecule is Cc1ccc(-n2nnc(CO)n2)c(C)c1. The summed E-state index contributed by atoms with van der Waals surface area (Å²) < 4.78 is 0. The summed E-state index contributed by atoms with van der Waals surface area (Å²) in [4.78, 5) is 1.43. The fourth-order valence-electron chi connectivity index (χ4n) is 1.44. The van der Waals surface area contributed by atoms with E-state index in [2.05, 4.69) is 21.5 Å². The highest BCUT2D eigenvalue weighted by Crippen LogP contribution is 2.13. The summed E-state index contributed by atoms with van der Waals surface area (Å²) in [6, 6.07) is 5.98. The van der Waals surface area contributed by atoms with Crippen molar-refractivity contribution in [1.29, 1.82) is 0 Å². The summed E-state index contributed by atoms with van der Waals surface area (Å²) >= 11 is 0. The predicted molar refractivity (Wildman–Crippen MR) is 54.6 cm³/mol. The summed E-state index contributed by atoms with van der Waals surface area (Å²) in [5.74, 6) is 0.329. The second-order valence-corrected chi connectivity index (χ2v) is 3.44. The second kappa shape index (κ2) is 3.78. The van der Waals surface area contributed by atoms with Gasteiger partial charge in [-0.1, -0.05) is 17.7 Å². The Kier molecular flexibility index (Phi) is 2.47. The number of aliphatic hydroxyl groups excluding tert-OH is 1. The van der Waals surface area contributed by atoms with Gasteiger partial charge in [0.2, 0.25) is 5.82 Å². The Morgan fingerprint density at radius 3 is 2.73 bits per heavy atom. The highest BCUT2D eigenvalue weighted by molar-refractivity contribution is 5.40. The summed E-state index contributed by atoms with van der Waals surface area (Å²) in [5, 5.41) is 20.4. The van der Waals surface area contributed by atoms with Gasteiger partial charge in [0.25, 0.3) is 0 Å². The number of nitrogens with zero attached hydrogens (tertiary/aromatic N) is 4. The van der Waals surface area contributed by atoms with Crippen LogP contribution in [0.1, 0.15) is 17.0 Å². The molecule has 0 unspecified atom stereocenters. The molecule has 0 saturated carbocycles. The maximum absolute atomic E-state index is 8.83. The molecule has 0 bridgehead atoms. The number of tetrazole rings is 1. The van der Waals surface area contributed by atoms with Crippen molar-refractivity contribution in [2.75, 3.05) is 0 Å². The number of rotatable bonds is 2. The van der Waals surface area contributed by atoms with Gasteiger partial charge in [0.05, 0.1) is 5.69 Å². The van der Waals surface area contributed by atoms with Crippen LogP contribution in [0.25, 0.3) is 5.69 Å². The van der Waals surface area contributed by atoms with Crippen molar-refractivity contribution in [1.82, 2.24) is 20.2 Å². The van der Waals surface area contributed by atoms with Gasteiger partial charge in [-0.25, -0.2) is 0 Å². The maximum atomic E-state index is 8.83. The number of hydrogen-bond donors (Lipinski definition) is 1. The highest BCUT2D eigenvalue weighted by Gasteiger charge is 2.05. The zero-order chi connectivity index (χ0) is 10.8. The second-order valence-electron chi connectivity index (χ2n) is 3.44. The van der Waals surface area contributed by atoms with Crippen LogP contribution in [-0.2, 0) is 6.61 Å². The van der Waals surface area contributed by atoms with Crippen LogP contribution in [0.3, 0.4) is 0 Å². The molecule has 2 rings (SSSR count). The lowest BCUT2D eigenvalue weighted by Crippen LogP contribution is -2.02. The average molecular weight is 204 g/mol. The summed E-state index contributed by atoms with van der Waals surface area (Å²) in [5.41, 5.74) is 3.16. The number of aromatic nitrogens is 4. The van der Waals surface area contributed by atoms with Gasteiger partial charge in [0.15, 0.2) is 0 Å². The summed E-state index contributed by atoms with van der Waals surface area (Å²) in [6.07, 6.45) is 0. The molecular formula is C10H12N4O. The average Bonchev–Trinajstić information content (AvgIpc) is 2.66. The number of benzene rings is 1. The molecule has 1 heterocycles. The third-order valence-electron chi connectivity index (χ3n) is 2.16. The van der Waals surface area contributed by atoms with Crippen LogP contribution in [0.2, 0.25) is 0 Å². The molecule has 1 N–H and O–H groups in total. The molecule has 5 nitrogen and oxygen atoms in total. The molecule has 2 aromatic rings. The van der Waals surface area contributed by atoms with Gasteiger partial charge in [0.1, 0.15) is 6.61 Å². The van der Waals surface area contributed by atoms with Crippen LogP contribution in [0.4, 0.5) is 0 Å². The van der Waals surface area contributed by atoms with Gasteiger partial charge < -0.3 is 5.11 Å². The van der Waals surface area contributed by atoms with E-state index >= 15 is 0 Å². The largest absolute Gasteiger partial charge is 0.388 e. The van der Waals surface area contributed by atoms with Crippen LogP contribution >= 0.6 is 0 Å². The molecule has 1 aromatic carbocycles. The van der Waals surface area contributed by atoms with Gasteiger partial charge in [-0.05, 0) is 30.7 Å². The molecule has 0 aliphatic rings. The summed E-state index contributed by atoms with van der Waals surface area (Å²) in [6.45, 7) is 3.83. The van der Waals surface area contributed by atoms with E-state index in [4.69, 9.17) is 5.11 Å². The molecule has 0 saturated heterocycles.